The Kier molecular flexibility index (Phi) is 5.75. The Morgan fingerprint density at radius 3 is 2.45 bits per heavy atom. The van der Waals surface area contributed by atoms with Gasteiger partial charge < -0.3 is 14.7 Å². The van der Waals surface area contributed by atoms with Crippen molar-refractivity contribution in [1.29, 1.82) is 0 Å². The van der Waals surface area contributed by atoms with Crippen molar-refractivity contribution in [3.63, 3.8) is 0 Å². The number of hydrogen-bond acceptors (Lipinski definition) is 4. The number of ketones is 1. The van der Waals surface area contributed by atoms with E-state index in [0.717, 1.165) is 5.56 Å². The fourth-order valence-electron chi connectivity index (χ4n) is 3.76. The van der Waals surface area contributed by atoms with Gasteiger partial charge in [-0.05, 0) is 54.1 Å². The predicted molar refractivity (Wildman–Crippen MR) is 120 cm³/mol. The molecule has 158 valence electrons. The van der Waals surface area contributed by atoms with Crippen molar-refractivity contribution in [2.24, 2.45) is 0 Å². The summed E-state index contributed by atoms with van der Waals surface area (Å²) in [4.78, 5) is 27.8. The minimum atomic E-state index is -2.03. The molecule has 1 aliphatic heterocycles. The molecule has 0 radical (unpaired) electrons. The van der Waals surface area contributed by atoms with Gasteiger partial charge in [-0.1, -0.05) is 41.4 Å². The Morgan fingerprint density at radius 2 is 1.77 bits per heavy atom. The fraction of sp³-hybridized carbons (Fsp3) is 0.167. The molecule has 0 bridgehead atoms. The molecule has 1 aliphatic rings. The summed E-state index contributed by atoms with van der Waals surface area (Å²) < 4.78 is 5.11. The number of hydrogen-bond donors (Lipinski definition) is 1. The number of aliphatic hydroxyl groups is 1. The number of rotatable bonds is 6. The van der Waals surface area contributed by atoms with Crippen LogP contribution < -0.4 is 9.64 Å². The molecule has 1 atom stereocenters. The number of carbonyl (C=O) groups excluding carboxylic acids is 2. The first-order valence-corrected chi connectivity index (χ1v) is 10.3. The third-order valence-electron chi connectivity index (χ3n) is 5.41. The lowest BCUT2D eigenvalue weighted by molar-refractivity contribution is -0.136. The van der Waals surface area contributed by atoms with Gasteiger partial charge in [0.2, 0.25) is 0 Å². The highest BCUT2D eigenvalue weighted by Crippen LogP contribution is 2.45. The lowest BCUT2D eigenvalue weighted by atomic mass is 9.88. The molecule has 0 aromatic heterocycles. The number of anilines is 1. The van der Waals surface area contributed by atoms with Crippen molar-refractivity contribution in [1.82, 2.24) is 0 Å². The first kappa shape index (κ1) is 21.4. The van der Waals surface area contributed by atoms with Gasteiger partial charge in [-0.3, -0.25) is 9.59 Å². The van der Waals surface area contributed by atoms with Crippen molar-refractivity contribution < 1.29 is 19.4 Å². The van der Waals surface area contributed by atoms with Gasteiger partial charge in [0.25, 0.3) is 5.91 Å². The van der Waals surface area contributed by atoms with Crippen LogP contribution in [0, 0.1) is 0 Å². The Balaban J connectivity index is 1.70. The average Bonchev–Trinajstić information content (AvgIpc) is 2.96. The third-order valence-corrected chi connectivity index (χ3v) is 6.01. The summed E-state index contributed by atoms with van der Waals surface area (Å²) in [6, 6.07) is 18.5. The largest absolute Gasteiger partial charge is 0.497 e. The van der Waals surface area contributed by atoms with E-state index in [2.05, 4.69) is 0 Å². The molecule has 4 rings (SSSR count). The van der Waals surface area contributed by atoms with E-state index in [1.807, 2.05) is 12.1 Å². The van der Waals surface area contributed by atoms with Crippen molar-refractivity contribution >= 4 is 40.6 Å². The van der Waals surface area contributed by atoms with Crippen LogP contribution in [0.3, 0.4) is 0 Å². The molecule has 0 unspecified atom stereocenters. The topological polar surface area (TPSA) is 66.8 Å². The minimum absolute atomic E-state index is 0.159. The van der Waals surface area contributed by atoms with Crippen LogP contribution in [0.4, 0.5) is 5.69 Å². The molecule has 1 heterocycles. The lowest BCUT2D eigenvalue weighted by Gasteiger charge is -2.23. The summed E-state index contributed by atoms with van der Waals surface area (Å²) in [5.41, 5.74) is -0.129. The summed E-state index contributed by atoms with van der Waals surface area (Å²) in [5.74, 6) is -0.356. The van der Waals surface area contributed by atoms with Crippen LogP contribution in [0.5, 0.6) is 5.75 Å². The molecule has 3 aromatic rings. The van der Waals surface area contributed by atoms with Crippen molar-refractivity contribution in [2.45, 2.75) is 18.6 Å². The molecule has 0 fully saturated rings. The molecule has 0 saturated carbocycles. The van der Waals surface area contributed by atoms with Crippen LogP contribution in [0.2, 0.25) is 10.0 Å². The Labute approximate surface area is 189 Å². The number of Topliss-reactive ketones (excluding diaryl/α,β-unsaturated/α-hetero) is 1. The van der Waals surface area contributed by atoms with Gasteiger partial charge >= 0.3 is 0 Å². The maximum Gasteiger partial charge on any atom is 0.264 e. The fourth-order valence-corrected chi connectivity index (χ4v) is 4.13. The highest BCUT2D eigenvalue weighted by molar-refractivity contribution is 6.31. The molecule has 0 spiro atoms. The second-order valence-corrected chi connectivity index (χ2v) is 8.18. The quantitative estimate of drug-likeness (QED) is 0.530. The van der Waals surface area contributed by atoms with Crippen molar-refractivity contribution in [2.75, 3.05) is 12.0 Å². The number of fused-ring (bicyclic) bond motifs is 1. The summed E-state index contributed by atoms with van der Waals surface area (Å²) in [6.45, 7) is 0.159. The zero-order valence-corrected chi connectivity index (χ0v) is 18.2. The summed E-state index contributed by atoms with van der Waals surface area (Å²) in [7, 11) is 1.53. The van der Waals surface area contributed by atoms with Gasteiger partial charge in [-0.25, -0.2) is 0 Å². The molecule has 5 nitrogen and oxygen atoms in total. The molecule has 1 amide bonds. The Bertz CT molecular complexity index is 1160. The average molecular weight is 456 g/mol. The van der Waals surface area contributed by atoms with Crippen LogP contribution in [-0.4, -0.2) is 23.9 Å². The van der Waals surface area contributed by atoms with Crippen LogP contribution in [0.1, 0.15) is 27.9 Å². The first-order valence-electron chi connectivity index (χ1n) is 9.58. The normalized spacial score (nSPS) is 17.5. The summed E-state index contributed by atoms with van der Waals surface area (Å²) in [6.07, 6.45) is -0.412. The van der Waals surface area contributed by atoms with E-state index < -0.39 is 17.9 Å². The van der Waals surface area contributed by atoms with E-state index in [1.54, 1.807) is 48.5 Å². The van der Waals surface area contributed by atoms with E-state index in [0.29, 0.717) is 32.6 Å². The number of amides is 1. The predicted octanol–water partition coefficient (Wildman–Crippen LogP) is 5.01. The van der Waals surface area contributed by atoms with Gasteiger partial charge in [0.1, 0.15) is 5.75 Å². The molecular weight excluding hydrogens is 437 g/mol. The lowest BCUT2D eigenvalue weighted by Crippen LogP contribution is -2.41. The molecule has 0 saturated heterocycles. The van der Waals surface area contributed by atoms with Crippen molar-refractivity contribution in [3.8, 4) is 5.75 Å². The minimum Gasteiger partial charge on any atom is -0.497 e. The van der Waals surface area contributed by atoms with Crippen LogP contribution in [0.25, 0.3) is 0 Å². The highest BCUT2D eigenvalue weighted by atomic mass is 35.5. The molecule has 7 heteroatoms. The summed E-state index contributed by atoms with van der Waals surface area (Å²) in [5, 5.41) is 12.3. The molecule has 1 N–H and O–H groups in total. The van der Waals surface area contributed by atoms with E-state index in [1.165, 1.54) is 18.1 Å². The number of benzene rings is 3. The SMILES string of the molecule is COc1ccc(C(=O)C[C@@]2(O)C(=O)N(Cc3ccccc3Cl)c3ccc(Cl)cc32)cc1. The van der Waals surface area contributed by atoms with Gasteiger partial charge in [-0.2, -0.15) is 0 Å². The maximum absolute atomic E-state index is 13.4. The van der Waals surface area contributed by atoms with Crippen molar-refractivity contribution in [3.05, 3.63) is 93.5 Å². The highest BCUT2D eigenvalue weighted by Gasteiger charge is 2.51. The monoisotopic (exact) mass is 455 g/mol. The number of methoxy groups -OCH3 is 1. The van der Waals surface area contributed by atoms with Crippen LogP contribution in [0.15, 0.2) is 66.7 Å². The summed E-state index contributed by atoms with van der Waals surface area (Å²) >= 11 is 12.4. The zero-order valence-electron chi connectivity index (χ0n) is 16.6. The maximum atomic E-state index is 13.4. The van der Waals surface area contributed by atoms with E-state index >= 15 is 0 Å². The second-order valence-electron chi connectivity index (χ2n) is 7.33. The smallest absolute Gasteiger partial charge is 0.264 e. The van der Waals surface area contributed by atoms with Gasteiger partial charge in [0.15, 0.2) is 11.4 Å². The number of carbonyl (C=O) groups is 2. The van der Waals surface area contributed by atoms with E-state index in [9.17, 15) is 14.7 Å². The van der Waals surface area contributed by atoms with E-state index in [-0.39, 0.29) is 12.3 Å². The van der Waals surface area contributed by atoms with Gasteiger partial charge in [0.05, 0.1) is 25.8 Å². The zero-order chi connectivity index (χ0) is 22.2. The molecular formula is C24H19Cl2NO4. The number of ether oxygens (including phenoxy) is 1. The number of halogens is 2. The third kappa shape index (κ3) is 3.92. The molecule has 31 heavy (non-hydrogen) atoms. The Morgan fingerprint density at radius 1 is 1.06 bits per heavy atom. The second kappa shape index (κ2) is 8.35. The standard InChI is InChI=1S/C24H19Cl2NO4/c1-31-18-9-6-15(7-10-18)22(28)13-24(30)19-12-17(25)8-11-21(19)27(23(24)29)14-16-4-2-3-5-20(16)26/h2-12,30H,13-14H2,1H3/t24-/m0/s1. The van der Waals surface area contributed by atoms with E-state index in [4.69, 9.17) is 27.9 Å². The van der Waals surface area contributed by atoms with Gasteiger partial charge in [-0.15, -0.1) is 0 Å². The molecule has 0 aliphatic carbocycles. The van der Waals surface area contributed by atoms with Gasteiger partial charge in [0, 0.05) is 21.2 Å². The molecule has 3 aromatic carbocycles. The van der Waals surface area contributed by atoms with Crippen LogP contribution in [-0.2, 0) is 16.9 Å². The first-order chi connectivity index (χ1) is 14.8. The Hall–Kier alpha value is -2.86. The van der Waals surface area contributed by atoms with Crippen LogP contribution >= 0.6 is 23.2 Å². The number of nitrogens with zero attached hydrogens (tertiary/aromatic N) is 1.